The van der Waals surface area contributed by atoms with E-state index in [0.717, 1.165) is 12.8 Å². The quantitative estimate of drug-likeness (QED) is 0.702. The summed E-state index contributed by atoms with van der Waals surface area (Å²) in [5, 5.41) is 8.72. The zero-order valence-corrected chi connectivity index (χ0v) is 8.96. The molecule has 1 rings (SSSR count). The molecule has 0 aromatic carbocycles. The number of nitriles is 1. The number of hydrogen-bond donors (Lipinski definition) is 1. The third-order valence-corrected chi connectivity index (χ3v) is 2.68. The summed E-state index contributed by atoms with van der Waals surface area (Å²) in [6.07, 6.45) is 7.71. The van der Waals surface area contributed by atoms with Crippen molar-refractivity contribution in [2.75, 3.05) is 6.61 Å². The van der Waals surface area contributed by atoms with Crippen molar-refractivity contribution in [1.82, 2.24) is 0 Å². The minimum absolute atomic E-state index is 0.328. The molecule has 0 saturated heterocycles. The van der Waals surface area contributed by atoms with Crippen molar-refractivity contribution in [1.29, 1.82) is 5.26 Å². The van der Waals surface area contributed by atoms with Gasteiger partial charge in [-0.2, -0.15) is 5.26 Å². The molecule has 80 valence electrons. The summed E-state index contributed by atoms with van der Waals surface area (Å²) in [6.45, 7) is 2.07. The van der Waals surface area contributed by atoms with E-state index in [1.165, 1.54) is 25.7 Å². The van der Waals surface area contributed by atoms with Crippen LogP contribution in [0.1, 0.15) is 45.4 Å². The molecule has 1 unspecified atom stereocenters. The van der Waals surface area contributed by atoms with Crippen molar-refractivity contribution in [2.24, 2.45) is 5.73 Å². The first-order valence-corrected chi connectivity index (χ1v) is 5.46. The lowest BCUT2D eigenvalue weighted by Crippen LogP contribution is -2.40. The van der Waals surface area contributed by atoms with Gasteiger partial charge >= 0.3 is 0 Å². The Labute approximate surface area is 86.2 Å². The van der Waals surface area contributed by atoms with Gasteiger partial charge in [0, 0.05) is 0 Å². The first kappa shape index (κ1) is 11.5. The molecule has 0 aliphatic heterocycles. The molecular formula is C11H20N2O. The Kier molecular flexibility index (Phi) is 4.37. The molecule has 0 heterocycles. The Bertz CT molecular complexity index is 200. The smallest absolute Gasteiger partial charge is 0.125 e. The fraction of sp³-hybridized carbons (Fsp3) is 0.909. The highest BCUT2D eigenvalue weighted by Gasteiger charge is 2.21. The monoisotopic (exact) mass is 196 g/mol. The molecular weight excluding hydrogens is 176 g/mol. The lowest BCUT2D eigenvalue weighted by molar-refractivity contribution is 0.0261. The van der Waals surface area contributed by atoms with E-state index in [-0.39, 0.29) is 0 Å². The van der Waals surface area contributed by atoms with Crippen LogP contribution in [-0.2, 0) is 4.74 Å². The largest absolute Gasteiger partial charge is 0.375 e. The second kappa shape index (κ2) is 5.33. The molecule has 0 aromatic rings. The van der Waals surface area contributed by atoms with Crippen LogP contribution in [0.4, 0.5) is 0 Å². The van der Waals surface area contributed by atoms with Crippen molar-refractivity contribution < 1.29 is 4.74 Å². The molecule has 0 bridgehead atoms. The standard InChI is InChI=1S/C11H20N2O/c1-11(13,8-12)9-14-10-6-4-2-3-5-7-10/h10H,2-7,9,13H2,1H3. The highest BCUT2D eigenvalue weighted by molar-refractivity contribution is 5.01. The Morgan fingerprint density at radius 2 is 1.93 bits per heavy atom. The molecule has 3 heteroatoms. The number of ether oxygens (including phenoxy) is 1. The fourth-order valence-corrected chi connectivity index (χ4v) is 1.73. The minimum atomic E-state index is -0.827. The number of nitrogens with two attached hydrogens (primary N) is 1. The predicted octanol–water partition coefficient (Wildman–Crippen LogP) is 1.97. The van der Waals surface area contributed by atoms with Crippen LogP contribution in [0.2, 0.25) is 0 Å². The Balaban J connectivity index is 2.26. The lowest BCUT2D eigenvalue weighted by atomic mass is 10.1. The Hall–Kier alpha value is -0.590. The van der Waals surface area contributed by atoms with Crippen LogP contribution in [-0.4, -0.2) is 18.2 Å². The summed E-state index contributed by atoms with van der Waals surface area (Å²) >= 11 is 0. The van der Waals surface area contributed by atoms with E-state index in [4.69, 9.17) is 15.7 Å². The number of hydrogen-bond acceptors (Lipinski definition) is 3. The summed E-state index contributed by atoms with van der Waals surface area (Å²) < 4.78 is 5.67. The van der Waals surface area contributed by atoms with Crippen molar-refractivity contribution in [2.45, 2.75) is 57.1 Å². The molecule has 1 saturated carbocycles. The topological polar surface area (TPSA) is 59.0 Å². The molecule has 14 heavy (non-hydrogen) atoms. The normalized spacial score (nSPS) is 23.5. The van der Waals surface area contributed by atoms with Crippen LogP contribution in [0.5, 0.6) is 0 Å². The average molecular weight is 196 g/mol. The van der Waals surface area contributed by atoms with Gasteiger partial charge in [-0.1, -0.05) is 25.7 Å². The zero-order chi connectivity index (χ0) is 10.4. The molecule has 3 nitrogen and oxygen atoms in total. The number of nitrogens with zero attached hydrogens (tertiary/aromatic N) is 1. The summed E-state index contributed by atoms with van der Waals surface area (Å²) in [5.74, 6) is 0. The van der Waals surface area contributed by atoms with Gasteiger partial charge in [0.25, 0.3) is 0 Å². The first-order chi connectivity index (χ1) is 6.64. The van der Waals surface area contributed by atoms with Crippen LogP contribution in [0, 0.1) is 11.3 Å². The van der Waals surface area contributed by atoms with Gasteiger partial charge in [-0.15, -0.1) is 0 Å². The second-order valence-electron chi connectivity index (χ2n) is 4.45. The minimum Gasteiger partial charge on any atom is -0.375 e. The van der Waals surface area contributed by atoms with E-state index in [0.29, 0.717) is 12.7 Å². The molecule has 1 atom stereocenters. The first-order valence-electron chi connectivity index (χ1n) is 5.46. The SMILES string of the molecule is CC(N)(C#N)COC1CCCCCC1. The molecule has 0 aromatic heterocycles. The van der Waals surface area contributed by atoms with Crippen LogP contribution in [0.15, 0.2) is 0 Å². The van der Waals surface area contributed by atoms with E-state index in [1.807, 2.05) is 6.07 Å². The predicted molar refractivity (Wildman–Crippen MR) is 55.6 cm³/mol. The molecule has 1 aliphatic rings. The average Bonchev–Trinajstić information content (AvgIpc) is 2.43. The van der Waals surface area contributed by atoms with E-state index in [2.05, 4.69) is 0 Å². The Morgan fingerprint density at radius 1 is 1.36 bits per heavy atom. The van der Waals surface area contributed by atoms with Gasteiger partial charge in [-0.3, -0.25) is 0 Å². The van der Waals surface area contributed by atoms with Crippen molar-refractivity contribution >= 4 is 0 Å². The van der Waals surface area contributed by atoms with Crippen LogP contribution in [0.25, 0.3) is 0 Å². The fourth-order valence-electron chi connectivity index (χ4n) is 1.73. The molecule has 0 radical (unpaired) electrons. The lowest BCUT2D eigenvalue weighted by Gasteiger charge is -2.21. The third-order valence-electron chi connectivity index (χ3n) is 2.68. The van der Waals surface area contributed by atoms with Crippen molar-refractivity contribution in [3.05, 3.63) is 0 Å². The highest BCUT2D eigenvalue weighted by atomic mass is 16.5. The van der Waals surface area contributed by atoms with Gasteiger partial charge < -0.3 is 10.5 Å². The van der Waals surface area contributed by atoms with Crippen LogP contribution >= 0.6 is 0 Å². The summed E-state index contributed by atoms with van der Waals surface area (Å²) in [7, 11) is 0. The van der Waals surface area contributed by atoms with Crippen LogP contribution in [0.3, 0.4) is 0 Å². The summed E-state index contributed by atoms with van der Waals surface area (Å²) in [5.41, 5.74) is 4.86. The van der Waals surface area contributed by atoms with Gasteiger partial charge in [-0.05, 0) is 19.8 Å². The zero-order valence-electron chi connectivity index (χ0n) is 8.96. The van der Waals surface area contributed by atoms with Crippen molar-refractivity contribution in [3.8, 4) is 6.07 Å². The molecule has 1 fully saturated rings. The molecule has 0 amide bonds. The second-order valence-corrected chi connectivity index (χ2v) is 4.45. The third kappa shape index (κ3) is 4.08. The van der Waals surface area contributed by atoms with Gasteiger partial charge in [0.15, 0.2) is 0 Å². The van der Waals surface area contributed by atoms with Gasteiger partial charge in [0.05, 0.1) is 18.8 Å². The maximum absolute atomic E-state index is 8.72. The van der Waals surface area contributed by atoms with E-state index in [9.17, 15) is 0 Å². The maximum atomic E-state index is 8.72. The van der Waals surface area contributed by atoms with Crippen LogP contribution < -0.4 is 5.73 Å². The maximum Gasteiger partial charge on any atom is 0.125 e. The highest BCUT2D eigenvalue weighted by Crippen LogP contribution is 2.20. The number of rotatable bonds is 3. The van der Waals surface area contributed by atoms with Gasteiger partial charge in [0.2, 0.25) is 0 Å². The van der Waals surface area contributed by atoms with Crippen molar-refractivity contribution in [3.63, 3.8) is 0 Å². The van der Waals surface area contributed by atoms with E-state index < -0.39 is 5.54 Å². The van der Waals surface area contributed by atoms with Gasteiger partial charge in [-0.25, -0.2) is 0 Å². The van der Waals surface area contributed by atoms with E-state index >= 15 is 0 Å². The molecule has 0 spiro atoms. The molecule has 2 N–H and O–H groups in total. The van der Waals surface area contributed by atoms with E-state index in [1.54, 1.807) is 6.92 Å². The summed E-state index contributed by atoms with van der Waals surface area (Å²) in [6, 6.07) is 2.05. The molecule has 1 aliphatic carbocycles. The van der Waals surface area contributed by atoms with Gasteiger partial charge in [0.1, 0.15) is 5.54 Å². The summed E-state index contributed by atoms with van der Waals surface area (Å²) in [4.78, 5) is 0. The Morgan fingerprint density at radius 3 is 2.43 bits per heavy atom.